The molecule has 0 aliphatic carbocycles. The summed E-state index contributed by atoms with van der Waals surface area (Å²) in [5.74, 6) is 1.53. The van der Waals surface area contributed by atoms with Gasteiger partial charge in [-0.1, -0.05) is 12.1 Å². The molecule has 0 spiro atoms. The molecule has 1 saturated heterocycles. The topological polar surface area (TPSA) is 73.0 Å². The Hall–Kier alpha value is -2.19. The van der Waals surface area contributed by atoms with Crippen molar-refractivity contribution < 1.29 is 8.42 Å². The summed E-state index contributed by atoms with van der Waals surface area (Å²) < 4.78 is 31.2. The van der Waals surface area contributed by atoms with Gasteiger partial charge < -0.3 is 4.57 Å². The first-order valence-electron chi connectivity index (χ1n) is 7.82. The van der Waals surface area contributed by atoms with Crippen molar-refractivity contribution >= 4 is 20.9 Å². The van der Waals surface area contributed by atoms with Gasteiger partial charge in [-0.3, -0.25) is 0 Å². The van der Waals surface area contributed by atoms with E-state index < -0.39 is 10.0 Å². The predicted molar refractivity (Wildman–Crippen MR) is 90.2 cm³/mol. The number of fused-ring (bicyclic) bond motifs is 1. The van der Waals surface area contributed by atoms with E-state index in [0.29, 0.717) is 23.8 Å². The summed E-state index contributed by atoms with van der Waals surface area (Å²) in [6, 6.07) is 7.37. The van der Waals surface area contributed by atoms with Gasteiger partial charge in [0.2, 0.25) is 10.0 Å². The molecule has 0 radical (unpaired) electrons. The van der Waals surface area contributed by atoms with Crippen molar-refractivity contribution in [2.45, 2.75) is 24.8 Å². The van der Waals surface area contributed by atoms with Gasteiger partial charge in [-0.15, -0.1) is 0 Å². The summed E-state index contributed by atoms with van der Waals surface area (Å²) >= 11 is 0. The van der Waals surface area contributed by atoms with Crippen LogP contribution in [0.3, 0.4) is 0 Å². The summed E-state index contributed by atoms with van der Waals surface area (Å²) in [7, 11) is -1.65. The van der Waals surface area contributed by atoms with E-state index in [1.54, 1.807) is 12.1 Å². The number of hydrogen-bond acceptors (Lipinski definition) is 4. The zero-order chi connectivity index (χ0) is 17.1. The van der Waals surface area contributed by atoms with Gasteiger partial charge in [0, 0.05) is 31.7 Å². The molecule has 1 aromatic carbocycles. The zero-order valence-electron chi connectivity index (χ0n) is 13.8. The van der Waals surface area contributed by atoms with Crippen molar-refractivity contribution in [3.05, 3.63) is 42.1 Å². The van der Waals surface area contributed by atoms with Crippen LogP contribution in [0.4, 0.5) is 0 Å². The molecule has 0 N–H and O–H groups in total. The van der Waals surface area contributed by atoms with Gasteiger partial charge in [0.15, 0.2) is 0 Å². The van der Waals surface area contributed by atoms with Crippen molar-refractivity contribution in [2.24, 2.45) is 7.05 Å². The van der Waals surface area contributed by atoms with Crippen LogP contribution in [0, 0.1) is 13.8 Å². The first-order valence-corrected chi connectivity index (χ1v) is 9.26. The molecule has 4 rings (SSSR count). The second-order valence-corrected chi connectivity index (χ2v) is 8.15. The van der Waals surface area contributed by atoms with E-state index in [2.05, 4.69) is 10.1 Å². The SMILES string of the molecule is Cc1nc(C)n(C2CN(S(=O)(=O)c3cccc4ccn(C)c34)C2)n1. The molecular formula is C16H19N5O2S. The fourth-order valence-electron chi connectivity index (χ4n) is 3.31. The molecule has 0 unspecified atom stereocenters. The minimum absolute atomic E-state index is 0.0496. The second kappa shape index (κ2) is 5.15. The van der Waals surface area contributed by atoms with Crippen LogP contribution in [0.25, 0.3) is 10.9 Å². The maximum Gasteiger partial charge on any atom is 0.245 e. The lowest BCUT2D eigenvalue weighted by atomic mass is 10.2. The highest BCUT2D eigenvalue weighted by Crippen LogP contribution is 2.32. The Kier molecular flexibility index (Phi) is 3.29. The Bertz CT molecular complexity index is 1030. The van der Waals surface area contributed by atoms with Crippen LogP contribution in [-0.4, -0.2) is 45.1 Å². The van der Waals surface area contributed by atoms with E-state index in [9.17, 15) is 8.42 Å². The minimum Gasteiger partial charge on any atom is -0.349 e. The largest absolute Gasteiger partial charge is 0.349 e. The Morgan fingerprint density at radius 2 is 1.92 bits per heavy atom. The highest BCUT2D eigenvalue weighted by atomic mass is 32.2. The molecule has 3 aromatic rings. The fraction of sp³-hybridized carbons (Fsp3) is 0.375. The molecular weight excluding hydrogens is 326 g/mol. The van der Waals surface area contributed by atoms with Gasteiger partial charge in [-0.25, -0.2) is 18.1 Å². The summed E-state index contributed by atoms with van der Waals surface area (Å²) in [5.41, 5.74) is 0.744. The molecule has 1 aliphatic heterocycles. The lowest BCUT2D eigenvalue weighted by Gasteiger charge is -2.38. The summed E-state index contributed by atoms with van der Waals surface area (Å²) in [6.45, 7) is 4.58. The summed E-state index contributed by atoms with van der Waals surface area (Å²) in [4.78, 5) is 4.64. The molecule has 0 amide bonds. The van der Waals surface area contributed by atoms with Crippen molar-refractivity contribution in [3.8, 4) is 0 Å². The number of para-hydroxylation sites is 1. The van der Waals surface area contributed by atoms with Crippen LogP contribution in [0.15, 0.2) is 35.4 Å². The second-order valence-electron chi connectivity index (χ2n) is 6.25. The van der Waals surface area contributed by atoms with Crippen molar-refractivity contribution in [1.29, 1.82) is 0 Å². The van der Waals surface area contributed by atoms with Gasteiger partial charge in [-0.05, 0) is 26.0 Å². The average molecular weight is 345 g/mol. The van der Waals surface area contributed by atoms with E-state index >= 15 is 0 Å². The first kappa shape index (κ1) is 15.3. The van der Waals surface area contributed by atoms with Crippen LogP contribution in [0.2, 0.25) is 0 Å². The average Bonchev–Trinajstić information content (AvgIpc) is 3.00. The Balaban J connectivity index is 1.65. The van der Waals surface area contributed by atoms with E-state index in [1.165, 1.54) is 4.31 Å². The monoisotopic (exact) mass is 345 g/mol. The molecule has 7 nitrogen and oxygen atoms in total. The van der Waals surface area contributed by atoms with Gasteiger partial charge in [0.05, 0.1) is 11.6 Å². The standard InChI is InChI=1S/C16H19N5O2S/c1-11-17-12(2)21(18-11)14-9-20(10-14)24(22,23)15-6-4-5-13-7-8-19(3)16(13)15/h4-8,14H,9-10H2,1-3H3. The Morgan fingerprint density at radius 3 is 2.58 bits per heavy atom. The molecule has 3 heterocycles. The molecule has 2 aromatic heterocycles. The van der Waals surface area contributed by atoms with E-state index in [4.69, 9.17) is 0 Å². The molecule has 1 aliphatic rings. The smallest absolute Gasteiger partial charge is 0.245 e. The molecule has 126 valence electrons. The number of hydrogen-bond donors (Lipinski definition) is 0. The highest BCUT2D eigenvalue weighted by Gasteiger charge is 2.39. The van der Waals surface area contributed by atoms with Crippen molar-refractivity contribution in [3.63, 3.8) is 0 Å². The fourth-order valence-corrected chi connectivity index (χ4v) is 5.09. The van der Waals surface area contributed by atoms with Crippen LogP contribution >= 0.6 is 0 Å². The molecule has 24 heavy (non-hydrogen) atoms. The molecule has 0 atom stereocenters. The predicted octanol–water partition coefficient (Wildman–Crippen LogP) is 1.63. The third-order valence-electron chi connectivity index (χ3n) is 4.56. The third kappa shape index (κ3) is 2.17. The van der Waals surface area contributed by atoms with E-state index in [-0.39, 0.29) is 6.04 Å². The van der Waals surface area contributed by atoms with Crippen molar-refractivity contribution in [2.75, 3.05) is 13.1 Å². The van der Waals surface area contributed by atoms with Crippen molar-refractivity contribution in [1.82, 2.24) is 23.6 Å². The number of rotatable bonds is 3. The normalized spacial score (nSPS) is 16.6. The number of nitrogens with zero attached hydrogens (tertiary/aromatic N) is 5. The lowest BCUT2D eigenvalue weighted by molar-refractivity contribution is 0.188. The highest BCUT2D eigenvalue weighted by molar-refractivity contribution is 7.89. The summed E-state index contributed by atoms with van der Waals surface area (Å²) in [5, 5.41) is 5.29. The van der Waals surface area contributed by atoms with Gasteiger partial charge in [-0.2, -0.15) is 9.40 Å². The third-order valence-corrected chi connectivity index (χ3v) is 6.42. The maximum atomic E-state index is 13.0. The number of sulfonamides is 1. The quantitative estimate of drug-likeness (QED) is 0.723. The van der Waals surface area contributed by atoms with E-state index in [0.717, 1.165) is 16.7 Å². The van der Waals surface area contributed by atoms with Crippen LogP contribution in [0.5, 0.6) is 0 Å². The minimum atomic E-state index is -3.52. The zero-order valence-corrected chi connectivity index (χ0v) is 14.7. The number of aromatic nitrogens is 4. The molecule has 0 saturated carbocycles. The van der Waals surface area contributed by atoms with E-state index in [1.807, 2.05) is 48.5 Å². The Labute approximate surface area is 140 Å². The van der Waals surface area contributed by atoms with Gasteiger partial charge in [0.1, 0.15) is 16.5 Å². The lowest BCUT2D eigenvalue weighted by Crippen LogP contribution is -2.51. The molecule has 8 heteroatoms. The Morgan fingerprint density at radius 1 is 1.17 bits per heavy atom. The number of aryl methyl sites for hydroxylation is 3. The molecule has 1 fully saturated rings. The maximum absolute atomic E-state index is 13.0. The van der Waals surface area contributed by atoms with Gasteiger partial charge in [0.25, 0.3) is 0 Å². The van der Waals surface area contributed by atoms with Crippen LogP contribution in [0.1, 0.15) is 17.7 Å². The van der Waals surface area contributed by atoms with Crippen LogP contribution < -0.4 is 0 Å². The van der Waals surface area contributed by atoms with Crippen LogP contribution in [-0.2, 0) is 17.1 Å². The first-order chi connectivity index (χ1) is 11.4. The van der Waals surface area contributed by atoms with Gasteiger partial charge >= 0.3 is 0 Å². The number of benzene rings is 1. The molecule has 0 bridgehead atoms. The summed E-state index contributed by atoms with van der Waals surface area (Å²) in [6.07, 6.45) is 1.88.